The average Bonchev–Trinajstić information content (AvgIpc) is 2.62. The Bertz CT molecular complexity index is 1300. The minimum atomic E-state index is -7.84. The van der Waals surface area contributed by atoms with E-state index in [0.717, 1.165) is 0 Å². The maximum absolute atomic E-state index is 14.6. The van der Waals surface area contributed by atoms with Gasteiger partial charge in [-0.3, -0.25) is 0 Å². The van der Waals surface area contributed by atoms with Crippen molar-refractivity contribution >= 4 is 30.4 Å². The molecule has 0 aliphatic carbocycles. The number of hydrogen-bond acceptors (Lipinski definition) is 4. The molecule has 2 aromatic carbocycles. The van der Waals surface area contributed by atoms with E-state index in [-0.39, 0.29) is 0 Å². The molecule has 0 fully saturated rings. The molecule has 19 heteroatoms. The van der Waals surface area contributed by atoms with E-state index in [9.17, 15) is 73.9 Å². The molecule has 0 saturated carbocycles. The van der Waals surface area contributed by atoms with Crippen molar-refractivity contribution in [2.24, 2.45) is 0 Å². The zero-order valence-corrected chi connectivity index (χ0v) is 15.6. The molecular weight excluding hydrogens is 531 g/mol. The van der Waals surface area contributed by atoms with Crippen LogP contribution in [0.5, 0.6) is 0 Å². The molecule has 0 aromatic heterocycles. The first-order chi connectivity index (χ1) is 14.1. The van der Waals surface area contributed by atoms with Crippen LogP contribution in [0, 0.1) is 40.7 Å². The molecule has 0 unspecified atom stereocenters. The lowest BCUT2D eigenvalue weighted by Crippen LogP contribution is -2.40. The van der Waals surface area contributed by atoms with E-state index in [1.54, 1.807) is 0 Å². The van der Waals surface area contributed by atoms with Crippen LogP contribution in [-0.2, 0) is 19.7 Å². The minimum absolute atomic E-state index is 2.53. The Morgan fingerprint density at radius 2 is 0.750 bits per heavy atom. The van der Waals surface area contributed by atoms with Crippen molar-refractivity contribution in [3.63, 3.8) is 0 Å². The summed E-state index contributed by atoms with van der Waals surface area (Å²) in [5, 5.41) is -5.23. The monoisotopic (exact) mass is 532 g/mol. The van der Waals surface area contributed by atoms with Crippen molar-refractivity contribution in [1.82, 2.24) is 0 Å². The molecule has 32 heavy (non-hydrogen) atoms. The van der Waals surface area contributed by atoms with Gasteiger partial charge in [0.15, 0.2) is 34.9 Å². The maximum Gasteiger partial charge on any atom is 0.499 e. The van der Waals surface area contributed by atoms with Gasteiger partial charge >= 0.3 is 11.0 Å². The summed E-state index contributed by atoms with van der Waals surface area (Å²) in [7, 11) is -15.7. The summed E-state index contributed by atoms with van der Waals surface area (Å²) in [4.78, 5) is 0. The lowest BCUT2D eigenvalue weighted by Gasteiger charge is -2.23. The largest absolute Gasteiger partial charge is 0.499 e. The third kappa shape index (κ3) is 3.44. The predicted octanol–water partition coefficient (Wildman–Crippen LogP) is 4.68. The quantitative estimate of drug-likeness (QED) is 0.327. The average molecular weight is 532 g/mol. The summed E-state index contributed by atoms with van der Waals surface area (Å²) < 4.78 is 215. The molecule has 0 spiro atoms. The second kappa shape index (κ2) is 7.35. The molecule has 180 valence electrons. The molecule has 0 bridgehead atoms. The van der Waals surface area contributed by atoms with Crippen LogP contribution in [0.3, 0.4) is 0 Å². The minimum Gasteiger partial charge on any atom is -0.218 e. The van der Waals surface area contributed by atoms with Gasteiger partial charge in [0.05, 0.1) is 16.3 Å². The van der Waals surface area contributed by atoms with E-state index < -0.39 is 92.3 Å². The molecule has 0 aliphatic rings. The zero-order valence-electron chi connectivity index (χ0n) is 13.9. The van der Waals surface area contributed by atoms with Crippen LogP contribution in [0.15, 0.2) is 0 Å². The van der Waals surface area contributed by atoms with E-state index in [0.29, 0.717) is 0 Å². The van der Waals surface area contributed by atoms with Crippen LogP contribution < -0.4 is 0 Å². The third-order valence-electron chi connectivity index (χ3n) is 3.82. The Morgan fingerprint density at radius 1 is 0.469 bits per heavy atom. The number of hydrogen-bond donors (Lipinski definition) is 0. The molecule has 0 N–H and O–H groups in total. The molecule has 0 atom stereocenters. The van der Waals surface area contributed by atoms with Crippen LogP contribution in [0.2, 0.25) is 0 Å². The number of alkyl halides is 6. The lowest BCUT2D eigenvalue weighted by molar-refractivity contribution is -0.0473. The SMILES string of the molecule is O=S(=O)(C(c1c(F)c(F)c2c(F)c(F)c(F)c(F)c2c1F)S(=O)(=O)C(F)(F)F)C(F)(F)F. The number of halogens is 13. The van der Waals surface area contributed by atoms with Crippen molar-refractivity contribution in [2.75, 3.05) is 0 Å². The van der Waals surface area contributed by atoms with Gasteiger partial charge in [0.25, 0.3) is 19.7 Å². The van der Waals surface area contributed by atoms with Crippen LogP contribution in [0.1, 0.15) is 10.1 Å². The number of fused-ring (bicyclic) bond motifs is 1. The Balaban J connectivity index is 3.30. The van der Waals surface area contributed by atoms with Crippen molar-refractivity contribution in [3.05, 3.63) is 46.3 Å². The fourth-order valence-corrected chi connectivity index (χ4v) is 5.94. The Labute approximate surface area is 167 Å². The van der Waals surface area contributed by atoms with E-state index in [2.05, 4.69) is 0 Å². The van der Waals surface area contributed by atoms with Gasteiger partial charge in [-0.25, -0.2) is 47.6 Å². The second-order valence-corrected chi connectivity index (χ2v) is 10.0. The summed E-state index contributed by atoms with van der Waals surface area (Å²) >= 11 is 0. The van der Waals surface area contributed by atoms with Crippen LogP contribution in [-0.4, -0.2) is 27.9 Å². The van der Waals surface area contributed by atoms with E-state index in [1.165, 1.54) is 0 Å². The van der Waals surface area contributed by atoms with E-state index in [4.69, 9.17) is 0 Å². The van der Waals surface area contributed by atoms with Gasteiger partial charge in [0.1, 0.15) is 5.82 Å². The Morgan fingerprint density at radius 3 is 1.06 bits per heavy atom. The van der Waals surface area contributed by atoms with Crippen molar-refractivity contribution in [1.29, 1.82) is 0 Å². The summed E-state index contributed by atoms with van der Waals surface area (Å²) in [6.45, 7) is 0. The highest BCUT2D eigenvalue weighted by molar-refractivity contribution is 8.09. The number of benzene rings is 2. The summed E-state index contributed by atoms with van der Waals surface area (Å²) in [5.41, 5.74) is -17.4. The van der Waals surface area contributed by atoms with Gasteiger partial charge in [-0.15, -0.1) is 0 Å². The van der Waals surface area contributed by atoms with Gasteiger partial charge in [-0.1, -0.05) is 0 Å². The Hall–Kier alpha value is -2.31. The van der Waals surface area contributed by atoms with Gasteiger partial charge in [0.2, 0.25) is 4.58 Å². The summed E-state index contributed by atoms with van der Waals surface area (Å²) in [6, 6.07) is 0. The first-order valence-electron chi connectivity index (χ1n) is 7.04. The van der Waals surface area contributed by atoms with Crippen molar-refractivity contribution in [2.45, 2.75) is 15.6 Å². The molecule has 0 saturated heterocycles. The molecule has 0 amide bonds. The van der Waals surface area contributed by atoms with Gasteiger partial charge in [-0.05, 0) is 0 Å². The van der Waals surface area contributed by atoms with Crippen molar-refractivity contribution in [3.8, 4) is 0 Å². The first-order valence-corrected chi connectivity index (χ1v) is 10.1. The standard InChI is InChI=1S/C13HF13O4S2/c14-4-1-2(7(17)10(20)9(19)6(1)16)5(15)8(18)3(4)11(31(27,28)12(21,22)23)32(29,30)13(24,25)26/h11H. The molecule has 2 rings (SSSR count). The summed E-state index contributed by atoms with van der Waals surface area (Å²) in [6.07, 6.45) is 0. The highest BCUT2D eigenvalue weighted by atomic mass is 32.3. The fraction of sp³-hybridized carbons (Fsp3) is 0.231. The fourth-order valence-electron chi connectivity index (χ4n) is 2.43. The van der Waals surface area contributed by atoms with Crippen molar-refractivity contribution < 1.29 is 73.9 Å². The van der Waals surface area contributed by atoms with Gasteiger partial charge in [-0.2, -0.15) is 26.3 Å². The molecule has 4 nitrogen and oxygen atoms in total. The first kappa shape index (κ1) is 25.9. The van der Waals surface area contributed by atoms with Gasteiger partial charge in [0, 0.05) is 0 Å². The molecule has 0 heterocycles. The molecular formula is C13HF13O4S2. The third-order valence-corrected chi connectivity index (χ3v) is 8.23. The normalized spacial score (nSPS) is 13.9. The van der Waals surface area contributed by atoms with Crippen LogP contribution >= 0.6 is 0 Å². The van der Waals surface area contributed by atoms with Crippen LogP contribution in [0.4, 0.5) is 57.1 Å². The topological polar surface area (TPSA) is 68.3 Å². The maximum atomic E-state index is 14.6. The number of sulfone groups is 2. The summed E-state index contributed by atoms with van der Waals surface area (Å²) in [5.74, 6) is -22.0. The van der Waals surface area contributed by atoms with Gasteiger partial charge < -0.3 is 0 Å². The highest BCUT2D eigenvalue weighted by Gasteiger charge is 2.65. The smallest absolute Gasteiger partial charge is 0.218 e. The molecule has 0 radical (unpaired) electrons. The zero-order chi connectivity index (χ0) is 25.4. The highest BCUT2D eigenvalue weighted by Crippen LogP contribution is 2.48. The predicted molar refractivity (Wildman–Crippen MR) is 76.3 cm³/mol. The van der Waals surface area contributed by atoms with E-state index >= 15 is 0 Å². The molecule has 0 aliphatic heterocycles. The number of rotatable bonds is 3. The van der Waals surface area contributed by atoms with Crippen LogP contribution in [0.25, 0.3) is 10.8 Å². The Kier molecular flexibility index (Phi) is 5.96. The van der Waals surface area contributed by atoms with E-state index in [1.807, 2.05) is 0 Å². The molecule has 2 aromatic rings. The second-order valence-electron chi connectivity index (χ2n) is 5.67. The lowest BCUT2D eigenvalue weighted by atomic mass is 10.0.